The Morgan fingerprint density at radius 1 is 1.32 bits per heavy atom. The van der Waals surface area contributed by atoms with Crippen molar-refractivity contribution in [3.63, 3.8) is 0 Å². The molecule has 2 aromatic rings. The predicted octanol–water partition coefficient (Wildman–Crippen LogP) is 2.96. The van der Waals surface area contributed by atoms with Crippen LogP contribution in [-0.4, -0.2) is 50.1 Å². The van der Waals surface area contributed by atoms with E-state index in [9.17, 15) is 0 Å². The van der Waals surface area contributed by atoms with E-state index in [0.717, 1.165) is 29.4 Å². The molecule has 0 bridgehead atoms. The Morgan fingerprint density at radius 3 is 3.05 bits per heavy atom. The number of pyridine rings is 1. The third-order valence-electron chi connectivity index (χ3n) is 5.08. The topological polar surface area (TPSA) is 34.0 Å². The number of nitrogens with zero attached hydrogens (tertiary/aromatic N) is 4. The van der Waals surface area contributed by atoms with Gasteiger partial charge in [0, 0.05) is 30.5 Å². The van der Waals surface area contributed by atoms with Gasteiger partial charge in [-0.2, -0.15) is 11.8 Å². The highest BCUT2D eigenvalue weighted by Crippen LogP contribution is 2.30. The lowest BCUT2D eigenvalue weighted by molar-refractivity contribution is 0.281. The van der Waals surface area contributed by atoms with E-state index in [1.807, 2.05) is 12.3 Å². The second-order valence-electron chi connectivity index (χ2n) is 6.60. The van der Waals surface area contributed by atoms with Crippen LogP contribution in [0.1, 0.15) is 31.5 Å². The molecule has 0 N–H and O–H groups in total. The summed E-state index contributed by atoms with van der Waals surface area (Å²) in [5, 5.41) is 0.747. The summed E-state index contributed by atoms with van der Waals surface area (Å²) in [5.74, 6) is 2.56. The maximum absolute atomic E-state index is 4.91. The van der Waals surface area contributed by atoms with Crippen molar-refractivity contribution in [1.29, 1.82) is 0 Å². The molecule has 0 radical (unpaired) electrons. The Kier molecular flexibility index (Phi) is 4.09. The van der Waals surface area contributed by atoms with Gasteiger partial charge < -0.3 is 9.47 Å². The van der Waals surface area contributed by atoms with Crippen LogP contribution in [0, 0.1) is 0 Å². The van der Waals surface area contributed by atoms with Gasteiger partial charge in [0.2, 0.25) is 0 Å². The molecule has 2 atom stereocenters. The van der Waals surface area contributed by atoms with E-state index >= 15 is 0 Å². The van der Waals surface area contributed by atoms with Gasteiger partial charge in [0.05, 0.1) is 0 Å². The molecular formula is C17H24N4S. The minimum absolute atomic E-state index is 0.634. The standard InChI is InChI=1S/C17H24N4S/c1-20-9-3-5-13(20)12-21-16(11-14-6-4-10-22-14)19-15-7-2-8-18-17(15)21/h2,7-8,13-14H,3-6,9-12H2,1H3. The van der Waals surface area contributed by atoms with Gasteiger partial charge in [-0.25, -0.2) is 9.97 Å². The highest BCUT2D eigenvalue weighted by molar-refractivity contribution is 8.00. The summed E-state index contributed by atoms with van der Waals surface area (Å²) in [4.78, 5) is 12.0. The number of rotatable bonds is 4. The van der Waals surface area contributed by atoms with E-state index in [1.54, 1.807) is 0 Å². The van der Waals surface area contributed by atoms with Gasteiger partial charge in [0.15, 0.2) is 5.65 Å². The zero-order valence-electron chi connectivity index (χ0n) is 13.2. The summed E-state index contributed by atoms with van der Waals surface area (Å²) >= 11 is 2.11. The molecule has 2 aliphatic rings. The van der Waals surface area contributed by atoms with E-state index in [-0.39, 0.29) is 0 Å². The van der Waals surface area contributed by atoms with Crippen molar-refractivity contribution in [2.24, 2.45) is 0 Å². The smallest absolute Gasteiger partial charge is 0.160 e. The van der Waals surface area contributed by atoms with Crippen molar-refractivity contribution >= 4 is 22.9 Å². The maximum atomic E-state index is 4.91. The molecule has 118 valence electrons. The normalized spacial score (nSPS) is 26.2. The first-order valence-corrected chi connectivity index (χ1v) is 9.48. The fourth-order valence-corrected chi connectivity index (χ4v) is 5.05. The van der Waals surface area contributed by atoms with E-state index in [0.29, 0.717) is 6.04 Å². The van der Waals surface area contributed by atoms with Crippen LogP contribution in [0.2, 0.25) is 0 Å². The fraction of sp³-hybridized carbons (Fsp3) is 0.647. The number of likely N-dealkylation sites (N-methyl/N-ethyl adjacent to an activating group) is 1. The van der Waals surface area contributed by atoms with Crippen molar-refractivity contribution < 1.29 is 0 Å². The number of likely N-dealkylation sites (tertiary alicyclic amines) is 1. The Hall–Kier alpha value is -1.07. The molecule has 2 unspecified atom stereocenters. The van der Waals surface area contributed by atoms with E-state index in [2.05, 4.69) is 39.3 Å². The van der Waals surface area contributed by atoms with E-state index in [4.69, 9.17) is 4.98 Å². The first-order valence-electron chi connectivity index (χ1n) is 8.43. The summed E-state index contributed by atoms with van der Waals surface area (Å²) in [7, 11) is 2.25. The third-order valence-corrected chi connectivity index (χ3v) is 6.48. The second kappa shape index (κ2) is 6.20. The SMILES string of the molecule is CN1CCCC1Cn1c(CC2CCCS2)nc2cccnc21. The van der Waals surface area contributed by atoms with Gasteiger partial charge in [-0.3, -0.25) is 0 Å². The second-order valence-corrected chi connectivity index (χ2v) is 8.01. The van der Waals surface area contributed by atoms with Crippen LogP contribution >= 0.6 is 11.8 Å². The molecule has 2 saturated heterocycles. The maximum Gasteiger partial charge on any atom is 0.160 e. The van der Waals surface area contributed by atoms with Gasteiger partial charge in [-0.15, -0.1) is 0 Å². The Morgan fingerprint density at radius 2 is 2.27 bits per heavy atom. The Balaban J connectivity index is 1.66. The van der Waals surface area contributed by atoms with Crippen LogP contribution in [-0.2, 0) is 13.0 Å². The molecule has 0 saturated carbocycles. The molecule has 2 aliphatic heterocycles. The van der Waals surface area contributed by atoms with Crippen molar-refractivity contribution in [3.8, 4) is 0 Å². The molecule has 2 aromatic heterocycles. The first-order chi connectivity index (χ1) is 10.8. The quantitative estimate of drug-likeness (QED) is 0.868. The summed E-state index contributed by atoms with van der Waals surface area (Å²) in [6.45, 7) is 2.26. The van der Waals surface area contributed by atoms with Crippen LogP contribution in [0.15, 0.2) is 18.3 Å². The molecule has 22 heavy (non-hydrogen) atoms. The molecule has 5 heteroatoms. The number of fused-ring (bicyclic) bond motifs is 1. The molecule has 0 aliphatic carbocycles. The Labute approximate surface area is 136 Å². The average molecular weight is 316 g/mol. The van der Waals surface area contributed by atoms with Gasteiger partial charge in [0.1, 0.15) is 11.3 Å². The molecule has 4 rings (SSSR count). The highest BCUT2D eigenvalue weighted by atomic mass is 32.2. The lowest BCUT2D eigenvalue weighted by atomic mass is 10.2. The third kappa shape index (κ3) is 2.76. The molecule has 4 heterocycles. The van der Waals surface area contributed by atoms with E-state index < -0.39 is 0 Å². The first kappa shape index (κ1) is 14.5. The molecule has 4 nitrogen and oxygen atoms in total. The lowest BCUT2D eigenvalue weighted by Crippen LogP contribution is -2.30. The zero-order chi connectivity index (χ0) is 14.9. The predicted molar refractivity (Wildman–Crippen MR) is 92.4 cm³/mol. The molecule has 0 aromatic carbocycles. The van der Waals surface area contributed by atoms with Crippen molar-refractivity contribution in [2.75, 3.05) is 19.3 Å². The van der Waals surface area contributed by atoms with Gasteiger partial charge in [-0.05, 0) is 57.2 Å². The summed E-state index contributed by atoms with van der Waals surface area (Å²) < 4.78 is 2.40. The number of aromatic nitrogens is 3. The number of imidazole rings is 1. The van der Waals surface area contributed by atoms with Gasteiger partial charge in [0.25, 0.3) is 0 Å². The number of hydrogen-bond acceptors (Lipinski definition) is 4. The molecule has 0 amide bonds. The van der Waals surface area contributed by atoms with Crippen LogP contribution in [0.25, 0.3) is 11.2 Å². The average Bonchev–Trinajstić information content (AvgIpc) is 3.23. The molecule has 2 fully saturated rings. The van der Waals surface area contributed by atoms with Crippen LogP contribution in [0.5, 0.6) is 0 Å². The van der Waals surface area contributed by atoms with Crippen LogP contribution in [0.4, 0.5) is 0 Å². The van der Waals surface area contributed by atoms with Gasteiger partial charge >= 0.3 is 0 Å². The van der Waals surface area contributed by atoms with E-state index in [1.165, 1.54) is 43.8 Å². The van der Waals surface area contributed by atoms with Crippen LogP contribution < -0.4 is 0 Å². The van der Waals surface area contributed by atoms with Crippen LogP contribution in [0.3, 0.4) is 0 Å². The number of hydrogen-bond donors (Lipinski definition) is 0. The minimum Gasteiger partial charge on any atom is -0.311 e. The highest BCUT2D eigenvalue weighted by Gasteiger charge is 2.25. The van der Waals surface area contributed by atoms with Gasteiger partial charge in [-0.1, -0.05) is 0 Å². The summed E-state index contributed by atoms with van der Waals surface area (Å²) in [5.41, 5.74) is 2.13. The monoisotopic (exact) mass is 316 g/mol. The Bertz CT molecular complexity index is 647. The largest absolute Gasteiger partial charge is 0.311 e. The summed E-state index contributed by atoms with van der Waals surface area (Å²) in [6.07, 6.45) is 8.30. The lowest BCUT2D eigenvalue weighted by Gasteiger charge is -2.21. The minimum atomic E-state index is 0.634. The number of thioether (sulfide) groups is 1. The van der Waals surface area contributed by atoms with Crippen molar-refractivity contribution in [3.05, 3.63) is 24.2 Å². The van der Waals surface area contributed by atoms with Crippen molar-refractivity contribution in [2.45, 2.75) is 49.9 Å². The van der Waals surface area contributed by atoms with Crippen molar-refractivity contribution in [1.82, 2.24) is 19.4 Å². The summed E-state index contributed by atoms with van der Waals surface area (Å²) in [6, 6.07) is 4.73. The fourth-order valence-electron chi connectivity index (χ4n) is 3.78. The molecular weight excluding hydrogens is 292 g/mol. The zero-order valence-corrected chi connectivity index (χ0v) is 14.1. The molecule has 0 spiro atoms.